The minimum atomic E-state index is -4.69. The molecule has 2 N–H and O–H groups in total. The third-order valence-electron chi connectivity index (χ3n) is 9.86. The van der Waals surface area contributed by atoms with Gasteiger partial charge in [0.2, 0.25) is 0 Å². The summed E-state index contributed by atoms with van der Waals surface area (Å²) < 4.78 is 33.7. The number of ether oxygens (including phenoxy) is 2. The summed E-state index contributed by atoms with van der Waals surface area (Å²) in [6.45, 7) is 3.87. The lowest BCUT2D eigenvalue weighted by atomic mass is 10.0. The van der Waals surface area contributed by atoms with Crippen LogP contribution in [0.3, 0.4) is 0 Å². The summed E-state index contributed by atoms with van der Waals surface area (Å²) in [4.78, 5) is 37.6. The fourth-order valence-electron chi connectivity index (χ4n) is 6.11. The Morgan fingerprint density at radius 1 is 0.621 bits per heavy atom. The zero-order chi connectivity index (χ0) is 43.2. The predicted molar refractivity (Wildman–Crippen MR) is 234 cm³/mol. The summed E-state index contributed by atoms with van der Waals surface area (Å²) in [6.07, 6.45) is 34.8. The molecule has 0 aromatic rings. The molecule has 58 heavy (non-hydrogen) atoms. The molecule has 0 aromatic heterocycles. The number of rotatable bonds is 41. The Morgan fingerprint density at radius 2 is 1.12 bits per heavy atom. The second kappa shape index (κ2) is 38.1. The fraction of sp³-hybridized carbons (Fsp3) is 0.826. The van der Waals surface area contributed by atoms with Crippen LogP contribution in [0.15, 0.2) is 36.5 Å². The number of allylic oxidation sites excluding steroid dienone is 5. The minimum Gasteiger partial charge on any atom is -0.756 e. The molecule has 340 valence electrons. The van der Waals surface area contributed by atoms with E-state index in [1.165, 1.54) is 89.9 Å². The van der Waals surface area contributed by atoms with Crippen LogP contribution in [0.25, 0.3) is 0 Å². The number of hydrogen-bond acceptors (Lipinski definition) is 10. The van der Waals surface area contributed by atoms with Crippen molar-refractivity contribution in [2.24, 2.45) is 0 Å². The van der Waals surface area contributed by atoms with E-state index < -0.39 is 44.7 Å². The van der Waals surface area contributed by atoms with E-state index in [4.69, 9.17) is 18.5 Å². The molecule has 0 aliphatic rings. The van der Waals surface area contributed by atoms with Crippen molar-refractivity contribution in [2.45, 2.75) is 199 Å². The summed E-state index contributed by atoms with van der Waals surface area (Å²) in [6, 6.07) is 0. The molecule has 0 radical (unpaired) electrons. The highest BCUT2D eigenvalue weighted by Gasteiger charge is 2.22. The normalized spacial score (nSPS) is 15.0. The Labute approximate surface area is 354 Å². The summed E-state index contributed by atoms with van der Waals surface area (Å²) in [5.41, 5.74) is 0. The van der Waals surface area contributed by atoms with Gasteiger partial charge < -0.3 is 38.1 Å². The van der Waals surface area contributed by atoms with Crippen molar-refractivity contribution < 1.29 is 52.3 Å². The van der Waals surface area contributed by atoms with E-state index >= 15 is 0 Å². The van der Waals surface area contributed by atoms with Gasteiger partial charge in [-0.2, -0.15) is 0 Å². The molecule has 0 amide bonds. The third-order valence-corrected chi connectivity index (χ3v) is 10.8. The zero-order valence-corrected chi connectivity index (χ0v) is 38.4. The van der Waals surface area contributed by atoms with E-state index in [1.54, 1.807) is 0 Å². The van der Waals surface area contributed by atoms with E-state index in [1.807, 2.05) is 33.3 Å². The van der Waals surface area contributed by atoms with Crippen LogP contribution < -0.4 is 4.89 Å². The molecule has 0 saturated heterocycles. The van der Waals surface area contributed by atoms with Gasteiger partial charge in [-0.1, -0.05) is 153 Å². The molecule has 0 aromatic carbocycles. The Bertz CT molecular complexity index is 1120. The summed E-state index contributed by atoms with van der Waals surface area (Å²) in [5, 5.41) is 20.7. The van der Waals surface area contributed by atoms with Crippen LogP contribution in [0.1, 0.15) is 181 Å². The number of aliphatic hydroxyl groups is 2. The predicted octanol–water partition coefficient (Wildman–Crippen LogP) is 10.2. The largest absolute Gasteiger partial charge is 0.756 e. The highest BCUT2D eigenvalue weighted by molar-refractivity contribution is 7.45. The van der Waals surface area contributed by atoms with Gasteiger partial charge in [0.05, 0.1) is 40.0 Å². The zero-order valence-electron chi connectivity index (χ0n) is 37.5. The average Bonchev–Trinajstić information content (AvgIpc) is 3.17. The van der Waals surface area contributed by atoms with Crippen molar-refractivity contribution in [3.8, 4) is 0 Å². The highest BCUT2D eigenvalue weighted by atomic mass is 31.2. The van der Waals surface area contributed by atoms with Gasteiger partial charge in [0.1, 0.15) is 19.8 Å². The number of unbranched alkanes of at least 4 members (excludes halogenated alkanes) is 17. The van der Waals surface area contributed by atoms with E-state index in [9.17, 15) is 29.3 Å². The van der Waals surface area contributed by atoms with Gasteiger partial charge in [-0.3, -0.25) is 14.2 Å². The smallest absolute Gasteiger partial charge is 0.306 e. The molecule has 0 fully saturated rings. The molecule has 0 saturated carbocycles. The van der Waals surface area contributed by atoms with E-state index in [-0.39, 0.29) is 38.9 Å². The molecule has 0 aliphatic heterocycles. The highest BCUT2D eigenvalue weighted by Crippen LogP contribution is 2.38. The molecule has 3 unspecified atom stereocenters. The SMILES string of the molecule is CCCCC/C=C\C/C=C\C/C=C\CC(O)C(O)CCCC(=O)OC[C@H](COP(=O)([O-])OCC[N+](C)(C)C)OC(=O)CCCCCCCCCCCCCCCCC. The number of esters is 2. The number of carbonyl (C=O) groups is 2. The van der Waals surface area contributed by atoms with Crippen molar-refractivity contribution in [3.05, 3.63) is 36.5 Å². The molecule has 0 heterocycles. The Morgan fingerprint density at radius 3 is 1.69 bits per heavy atom. The quantitative estimate of drug-likeness (QED) is 0.0200. The standard InChI is InChI=1S/C46H86NO10P/c1-6-8-10-12-14-16-18-20-21-22-24-26-28-30-32-36-46(51)57-42(41-56-58(52,53)55-39-38-47(3,4)5)40-54-45(50)37-33-35-44(49)43(48)34-31-29-27-25-23-19-17-15-13-11-9-7-2/h15,17,23,25,29,31,42-44,48-49H,6-14,16,18-22,24,26-28,30,32-41H2,1-5H3/b17-15-,25-23-,31-29-/t42-,43?,44?/m1/s1. The van der Waals surface area contributed by atoms with Gasteiger partial charge in [0.15, 0.2) is 6.10 Å². The molecule has 0 bridgehead atoms. The first-order valence-corrected chi connectivity index (χ1v) is 24.3. The lowest BCUT2D eigenvalue weighted by Gasteiger charge is -2.28. The lowest BCUT2D eigenvalue weighted by Crippen LogP contribution is -2.37. The van der Waals surface area contributed by atoms with Gasteiger partial charge in [-0.05, 0) is 51.4 Å². The molecule has 11 nitrogen and oxygen atoms in total. The molecule has 12 heteroatoms. The topological polar surface area (TPSA) is 152 Å². The first-order chi connectivity index (χ1) is 27.8. The maximum Gasteiger partial charge on any atom is 0.306 e. The second-order valence-corrected chi connectivity index (χ2v) is 18.1. The van der Waals surface area contributed by atoms with Crippen molar-refractivity contribution in [1.82, 2.24) is 0 Å². The number of phosphoric acid groups is 1. The monoisotopic (exact) mass is 844 g/mol. The molecule has 0 aliphatic carbocycles. The summed E-state index contributed by atoms with van der Waals surface area (Å²) in [7, 11) is 1.02. The number of carbonyl (C=O) groups excluding carboxylic acids is 2. The lowest BCUT2D eigenvalue weighted by molar-refractivity contribution is -0.870. The minimum absolute atomic E-state index is 0.0354. The van der Waals surface area contributed by atoms with Gasteiger partial charge in [-0.15, -0.1) is 0 Å². The van der Waals surface area contributed by atoms with Crippen molar-refractivity contribution in [3.63, 3.8) is 0 Å². The van der Waals surface area contributed by atoms with Crippen LogP contribution in [-0.4, -0.2) is 92.5 Å². The third kappa shape index (κ3) is 39.6. The number of likely N-dealkylation sites (N-methyl/N-ethyl adjacent to an activating group) is 1. The van der Waals surface area contributed by atoms with Crippen LogP contribution in [0.4, 0.5) is 0 Å². The van der Waals surface area contributed by atoms with Gasteiger partial charge in [0, 0.05) is 12.8 Å². The number of quaternary nitrogens is 1. The Hall–Kier alpha value is -1.85. The van der Waals surface area contributed by atoms with Gasteiger partial charge in [-0.25, -0.2) is 0 Å². The Balaban J connectivity index is 4.57. The molecule has 0 rings (SSSR count). The van der Waals surface area contributed by atoms with Crippen molar-refractivity contribution in [2.75, 3.05) is 47.5 Å². The van der Waals surface area contributed by atoms with E-state index in [0.29, 0.717) is 23.9 Å². The first-order valence-electron chi connectivity index (χ1n) is 22.9. The fourth-order valence-corrected chi connectivity index (χ4v) is 6.84. The van der Waals surface area contributed by atoms with Gasteiger partial charge >= 0.3 is 11.9 Å². The first kappa shape index (κ1) is 56.1. The van der Waals surface area contributed by atoms with Crippen LogP contribution >= 0.6 is 7.82 Å². The second-order valence-electron chi connectivity index (χ2n) is 16.7. The summed E-state index contributed by atoms with van der Waals surface area (Å²) >= 11 is 0. The number of nitrogens with zero attached hydrogens (tertiary/aromatic N) is 1. The Kier molecular flexibility index (Phi) is 36.9. The maximum absolute atomic E-state index is 12.7. The maximum atomic E-state index is 12.7. The number of aliphatic hydroxyl groups excluding tert-OH is 2. The van der Waals surface area contributed by atoms with E-state index in [0.717, 1.165) is 38.5 Å². The van der Waals surface area contributed by atoms with Crippen LogP contribution in [0.2, 0.25) is 0 Å². The molecule has 4 atom stereocenters. The van der Waals surface area contributed by atoms with E-state index in [2.05, 4.69) is 38.2 Å². The van der Waals surface area contributed by atoms with Gasteiger partial charge in [0.25, 0.3) is 7.82 Å². The molecule has 0 spiro atoms. The summed E-state index contributed by atoms with van der Waals surface area (Å²) in [5.74, 6) is -1.12. The van der Waals surface area contributed by atoms with Crippen LogP contribution in [0.5, 0.6) is 0 Å². The van der Waals surface area contributed by atoms with Crippen molar-refractivity contribution in [1.29, 1.82) is 0 Å². The van der Waals surface area contributed by atoms with Crippen LogP contribution in [-0.2, 0) is 32.7 Å². The number of hydrogen-bond donors (Lipinski definition) is 2. The number of phosphoric ester groups is 1. The average molecular weight is 844 g/mol. The van der Waals surface area contributed by atoms with Crippen LogP contribution in [0, 0.1) is 0 Å². The van der Waals surface area contributed by atoms with Crippen molar-refractivity contribution >= 4 is 19.8 Å². The molecular formula is C46H86NO10P. The molecular weight excluding hydrogens is 757 g/mol.